The average Bonchev–Trinajstić information content (AvgIpc) is 2.71. The number of nitrogens with zero attached hydrogens (tertiary/aromatic N) is 3. The highest BCUT2D eigenvalue weighted by Crippen LogP contribution is 2.28. The quantitative estimate of drug-likeness (QED) is 0.798. The molecule has 1 aromatic carbocycles. The molecule has 0 saturated heterocycles. The zero-order valence-corrected chi connectivity index (χ0v) is 10.4. The zero-order valence-electron chi connectivity index (χ0n) is 9.61. The van der Waals surface area contributed by atoms with E-state index in [4.69, 9.17) is 11.6 Å². The van der Waals surface area contributed by atoms with Crippen molar-refractivity contribution in [2.45, 2.75) is 26.8 Å². The van der Waals surface area contributed by atoms with Gasteiger partial charge in [-0.25, -0.2) is 4.68 Å². The molecule has 1 heterocycles. The van der Waals surface area contributed by atoms with E-state index in [0.29, 0.717) is 6.04 Å². The van der Waals surface area contributed by atoms with E-state index in [1.807, 2.05) is 36.0 Å². The summed E-state index contributed by atoms with van der Waals surface area (Å²) >= 11 is 6.24. The summed E-state index contributed by atoms with van der Waals surface area (Å²) in [5.41, 5.74) is 2.81. The van der Waals surface area contributed by atoms with E-state index in [0.717, 1.165) is 21.8 Å². The third kappa shape index (κ3) is 1.95. The van der Waals surface area contributed by atoms with Crippen LogP contribution >= 0.6 is 11.6 Å². The van der Waals surface area contributed by atoms with Crippen LogP contribution in [0.25, 0.3) is 11.3 Å². The van der Waals surface area contributed by atoms with Crippen LogP contribution in [0.1, 0.15) is 25.5 Å². The lowest BCUT2D eigenvalue weighted by Gasteiger charge is -2.03. The number of aryl methyl sites for hydroxylation is 1. The first-order valence-electron chi connectivity index (χ1n) is 5.27. The van der Waals surface area contributed by atoms with Gasteiger partial charge in [-0.2, -0.15) is 0 Å². The van der Waals surface area contributed by atoms with Crippen molar-refractivity contribution in [3.63, 3.8) is 0 Å². The van der Waals surface area contributed by atoms with Crippen LogP contribution in [0.3, 0.4) is 0 Å². The SMILES string of the molecule is Cc1cccc(-c2cn(C(C)C)nn2)c1Cl. The van der Waals surface area contributed by atoms with Crippen molar-refractivity contribution in [3.05, 3.63) is 35.0 Å². The van der Waals surface area contributed by atoms with Crippen LogP contribution in [-0.2, 0) is 0 Å². The van der Waals surface area contributed by atoms with Gasteiger partial charge in [0.05, 0.1) is 11.2 Å². The van der Waals surface area contributed by atoms with Crippen molar-refractivity contribution >= 4 is 11.6 Å². The van der Waals surface area contributed by atoms with E-state index in [2.05, 4.69) is 24.2 Å². The third-order valence-corrected chi connectivity index (χ3v) is 3.01. The first-order chi connectivity index (χ1) is 7.59. The zero-order chi connectivity index (χ0) is 11.7. The summed E-state index contributed by atoms with van der Waals surface area (Å²) < 4.78 is 1.83. The second kappa shape index (κ2) is 4.26. The van der Waals surface area contributed by atoms with E-state index < -0.39 is 0 Å². The van der Waals surface area contributed by atoms with Gasteiger partial charge in [0.2, 0.25) is 0 Å². The number of halogens is 1. The minimum absolute atomic E-state index is 0.310. The highest BCUT2D eigenvalue weighted by molar-refractivity contribution is 6.34. The molecule has 0 radical (unpaired) electrons. The number of rotatable bonds is 2. The molecule has 0 aliphatic rings. The molecule has 2 aromatic rings. The second-order valence-corrected chi connectivity index (χ2v) is 4.49. The van der Waals surface area contributed by atoms with Gasteiger partial charge in [0.25, 0.3) is 0 Å². The van der Waals surface area contributed by atoms with Crippen LogP contribution in [0, 0.1) is 6.92 Å². The van der Waals surface area contributed by atoms with Gasteiger partial charge in [-0.1, -0.05) is 35.0 Å². The van der Waals surface area contributed by atoms with Crippen LogP contribution in [0.4, 0.5) is 0 Å². The Morgan fingerprint density at radius 3 is 2.69 bits per heavy atom. The van der Waals surface area contributed by atoms with Crippen LogP contribution in [0.5, 0.6) is 0 Å². The number of benzene rings is 1. The molecule has 84 valence electrons. The van der Waals surface area contributed by atoms with E-state index in [1.165, 1.54) is 0 Å². The van der Waals surface area contributed by atoms with Crippen molar-refractivity contribution in [2.24, 2.45) is 0 Å². The van der Waals surface area contributed by atoms with Crippen molar-refractivity contribution in [3.8, 4) is 11.3 Å². The molecule has 0 amide bonds. The third-order valence-electron chi connectivity index (χ3n) is 2.51. The van der Waals surface area contributed by atoms with Crippen molar-refractivity contribution < 1.29 is 0 Å². The van der Waals surface area contributed by atoms with Gasteiger partial charge >= 0.3 is 0 Å². The molecule has 0 aliphatic heterocycles. The molecule has 16 heavy (non-hydrogen) atoms. The maximum atomic E-state index is 6.24. The van der Waals surface area contributed by atoms with Gasteiger partial charge in [0.15, 0.2) is 0 Å². The van der Waals surface area contributed by atoms with Crippen LogP contribution < -0.4 is 0 Å². The standard InChI is InChI=1S/C12H14ClN3/c1-8(2)16-7-11(14-15-16)10-6-4-5-9(3)12(10)13/h4-8H,1-3H3. The van der Waals surface area contributed by atoms with Gasteiger partial charge in [0, 0.05) is 11.6 Å². The number of hydrogen-bond acceptors (Lipinski definition) is 2. The van der Waals surface area contributed by atoms with Crippen LogP contribution in [0.15, 0.2) is 24.4 Å². The monoisotopic (exact) mass is 235 g/mol. The van der Waals surface area contributed by atoms with Crippen molar-refractivity contribution in [1.29, 1.82) is 0 Å². The molecule has 0 fully saturated rings. The van der Waals surface area contributed by atoms with E-state index in [1.54, 1.807) is 0 Å². The highest BCUT2D eigenvalue weighted by atomic mass is 35.5. The Balaban J connectivity index is 2.47. The maximum absolute atomic E-state index is 6.24. The molecule has 0 bridgehead atoms. The Labute approximate surface area is 100 Å². The fourth-order valence-corrected chi connectivity index (χ4v) is 1.72. The minimum Gasteiger partial charge on any atom is -0.249 e. The summed E-state index contributed by atoms with van der Waals surface area (Å²) in [5, 5.41) is 8.96. The first kappa shape index (κ1) is 11.1. The summed E-state index contributed by atoms with van der Waals surface area (Å²) in [5.74, 6) is 0. The van der Waals surface area contributed by atoms with Crippen molar-refractivity contribution in [2.75, 3.05) is 0 Å². The summed E-state index contributed by atoms with van der Waals surface area (Å²) in [6.07, 6.45) is 1.92. The van der Waals surface area contributed by atoms with Gasteiger partial charge in [-0.3, -0.25) is 0 Å². The fraction of sp³-hybridized carbons (Fsp3) is 0.333. The molecule has 0 saturated carbocycles. The lowest BCUT2D eigenvalue weighted by molar-refractivity contribution is 0.514. The van der Waals surface area contributed by atoms with Crippen LogP contribution in [0.2, 0.25) is 5.02 Å². The Bertz CT molecular complexity index is 503. The second-order valence-electron chi connectivity index (χ2n) is 4.11. The lowest BCUT2D eigenvalue weighted by atomic mass is 10.1. The van der Waals surface area contributed by atoms with Crippen molar-refractivity contribution in [1.82, 2.24) is 15.0 Å². The molecule has 3 nitrogen and oxygen atoms in total. The summed E-state index contributed by atoms with van der Waals surface area (Å²) in [7, 11) is 0. The summed E-state index contributed by atoms with van der Waals surface area (Å²) in [6.45, 7) is 6.12. The molecule has 0 aliphatic carbocycles. The predicted octanol–water partition coefficient (Wildman–Crippen LogP) is 3.49. The molecule has 2 rings (SSSR count). The van der Waals surface area contributed by atoms with E-state index in [9.17, 15) is 0 Å². The Hall–Kier alpha value is -1.35. The molecule has 1 aromatic heterocycles. The number of aromatic nitrogens is 3. The smallest absolute Gasteiger partial charge is 0.114 e. The first-order valence-corrected chi connectivity index (χ1v) is 5.64. The van der Waals surface area contributed by atoms with Crippen LogP contribution in [-0.4, -0.2) is 15.0 Å². The average molecular weight is 236 g/mol. The Morgan fingerprint density at radius 1 is 1.31 bits per heavy atom. The largest absolute Gasteiger partial charge is 0.249 e. The maximum Gasteiger partial charge on any atom is 0.114 e. The highest BCUT2D eigenvalue weighted by Gasteiger charge is 2.10. The minimum atomic E-state index is 0.310. The van der Waals surface area contributed by atoms with E-state index >= 15 is 0 Å². The molecule has 4 heteroatoms. The lowest BCUT2D eigenvalue weighted by Crippen LogP contribution is -2.00. The fourth-order valence-electron chi connectivity index (χ4n) is 1.50. The Kier molecular flexibility index (Phi) is 2.97. The van der Waals surface area contributed by atoms with Gasteiger partial charge in [-0.15, -0.1) is 5.10 Å². The Morgan fingerprint density at radius 2 is 2.06 bits per heavy atom. The molecule has 0 atom stereocenters. The normalized spacial score (nSPS) is 11.1. The van der Waals surface area contributed by atoms with Gasteiger partial charge < -0.3 is 0 Å². The number of hydrogen-bond donors (Lipinski definition) is 0. The summed E-state index contributed by atoms with van der Waals surface area (Å²) in [4.78, 5) is 0. The van der Waals surface area contributed by atoms with Gasteiger partial charge in [0.1, 0.15) is 5.69 Å². The molecule has 0 unspecified atom stereocenters. The topological polar surface area (TPSA) is 30.7 Å². The molecule has 0 spiro atoms. The summed E-state index contributed by atoms with van der Waals surface area (Å²) in [6, 6.07) is 6.23. The molecule has 0 N–H and O–H groups in total. The van der Waals surface area contributed by atoms with Gasteiger partial charge in [-0.05, 0) is 26.3 Å². The molecular weight excluding hydrogens is 222 g/mol. The molecular formula is C12H14ClN3. The van der Waals surface area contributed by atoms with E-state index in [-0.39, 0.29) is 0 Å². The predicted molar refractivity (Wildman–Crippen MR) is 65.6 cm³/mol.